The Morgan fingerprint density at radius 1 is 1.13 bits per heavy atom. The first-order valence-corrected chi connectivity index (χ1v) is 18.4. The average Bonchev–Trinajstić information content (AvgIpc) is 3.91. The van der Waals surface area contributed by atoms with E-state index in [4.69, 9.17) is 41.2 Å². The van der Waals surface area contributed by atoms with Crippen molar-refractivity contribution >= 4 is 44.7 Å². The number of thiophene rings is 1. The summed E-state index contributed by atoms with van der Waals surface area (Å²) < 4.78 is 33.0. The third-order valence-electron chi connectivity index (χ3n) is 9.73. The highest BCUT2D eigenvalue weighted by Gasteiger charge is 2.33. The molecule has 0 fully saturated rings. The Kier molecular flexibility index (Phi) is 8.83. The molecule has 13 heteroatoms. The first kappa shape index (κ1) is 34.0. The number of hydrogen-bond donors (Lipinski definition) is 2. The minimum Gasteiger partial charge on any atom is -0.493 e. The zero-order valence-corrected chi connectivity index (χ0v) is 30.6. The molecule has 6 aromatic rings. The first-order valence-electron chi connectivity index (χ1n) is 17.2. The predicted octanol–water partition coefficient (Wildman–Crippen LogP) is 8.63. The quantitative estimate of drug-likeness (QED) is 0.141. The van der Waals surface area contributed by atoms with Gasteiger partial charge in [0.2, 0.25) is 11.8 Å². The molecule has 10 nitrogen and oxygen atoms in total. The maximum atomic E-state index is 14.5. The van der Waals surface area contributed by atoms with Crippen LogP contribution in [0.2, 0.25) is 5.02 Å². The van der Waals surface area contributed by atoms with E-state index in [9.17, 15) is 9.18 Å². The Bertz CT molecular complexity index is 2380. The van der Waals surface area contributed by atoms with E-state index < -0.39 is 5.91 Å². The van der Waals surface area contributed by atoms with Crippen molar-refractivity contribution in [3.05, 3.63) is 99.0 Å². The number of anilines is 1. The Morgan fingerprint density at radius 2 is 1.96 bits per heavy atom. The van der Waals surface area contributed by atoms with Gasteiger partial charge in [0.15, 0.2) is 11.6 Å². The van der Waals surface area contributed by atoms with Gasteiger partial charge >= 0.3 is 0 Å². The molecule has 1 amide bonds. The van der Waals surface area contributed by atoms with Crippen LogP contribution in [0.5, 0.6) is 11.5 Å². The number of nitrogens with zero attached hydrogens (tertiary/aromatic N) is 4. The Hall–Kier alpha value is -5.07. The number of primary amides is 1. The molecule has 0 radical (unpaired) electrons. The van der Waals surface area contributed by atoms with Gasteiger partial charge < -0.3 is 24.9 Å². The fraction of sp³-hybridized carbons (Fsp3) is 0.308. The number of pyridine rings is 2. The smallest absolute Gasteiger partial charge is 0.251 e. The number of rotatable bonds is 10. The Balaban J connectivity index is 1.30. The molecule has 5 heterocycles. The maximum Gasteiger partial charge on any atom is 0.251 e. The van der Waals surface area contributed by atoms with Gasteiger partial charge in [-0.15, -0.1) is 21.5 Å². The van der Waals surface area contributed by atoms with Gasteiger partial charge in [0.05, 0.1) is 47.0 Å². The number of benzene rings is 2. The monoisotopic (exact) mass is 738 g/mol. The lowest BCUT2D eigenvalue weighted by molar-refractivity contribution is 0.0999. The van der Waals surface area contributed by atoms with E-state index in [1.807, 2.05) is 36.4 Å². The van der Waals surface area contributed by atoms with Crippen LogP contribution in [-0.4, -0.2) is 39.8 Å². The number of nitrogens with one attached hydrogen (secondary N) is 1. The fourth-order valence-electron chi connectivity index (χ4n) is 7.53. The van der Waals surface area contributed by atoms with Gasteiger partial charge in [-0.2, -0.15) is 0 Å². The van der Waals surface area contributed by atoms with Gasteiger partial charge in [-0.25, -0.2) is 9.37 Å². The highest BCUT2D eigenvalue weighted by molar-refractivity contribution is 7.23. The van der Waals surface area contributed by atoms with E-state index in [1.165, 1.54) is 24.5 Å². The molecule has 52 heavy (non-hydrogen) atoms. The molecule has 0 saturated heterocycles. The van der Waals surface area contributed by atoms with Gasteiger partial charge in [0.1, 0.15) is 11.6 Å². The second-order valence-electron chi connectivity index (χ2n) is 13.7. The van der Waals surface area contributed by atoms with E-state index >= 15 is 0 Å². The highest BCUT2D eigenvalue weighted by Crippen LogP contribution is 2.47. The summed E-state index contributed by atoms with van der Waals surface area (Å²) >= 11 is 7.78. The zero-order valence-electron chi connectivity index (χ0n) is 29.0. The third kappa shape index (κ3) is 6.03. The Morgan fingerprint density at radius 3 is 2.71 bits per heavy atom. The van der Waals surface area contributed by atoms with Crippen molar-refractivity contribution in [1.29, 1.82) is 0 Å². The number of methoxy groups -OCH3 is 1. The first-order chi connectivity index (χ1) is 25.1. The van der Waals surface area contributed by atoms with Gasteiger partial charge in [-0.3, -0.25) is 9.78 Å². The molecular weight excluding hydrogens is 703 g/mol. The van der Waals surface area contributed by atoms with Crippen molar-refractivity contribution in [3.8, 4) is 33.4 Å². The number of amides is 1. The van der Waals surface area contributed by atoms with E-state index in [0.29, 0.717) is 70.7 Å². The second kappa shape index (κ2) is 13.5. The van der Waals surface area contributed by atoms with Gasteiger partial charge in [0, 0.05) is 52.0 Å². The summed E-state index contributed by atoms with van der Waals surface area (Å²) in [6.45, 7) is 6.34. The topological polar surface area (TPSA) is 138 Å². The van der Waals surface area contributed by atoms with Gasteiger partial charge in [-0.05, 0) is 66.5 Å². The Labute approximate surface area is 308 Å². The predicted molar refractivity (Wildman–Crippen MR) is 199 cm³/mol. The van der Waals surface area contributed by atoms with Gasteiger partial charge in [0.25, 0.3) is 5.91 Å². The van der Waals surface area contributed by atoms with Crippen LogP contribution < -0.4 is 20.5 Å². The standard InChI is InChI=1S/C39H36ClFN6O4S/c1-18(2)13-28-32(37(42)48)34(33(39-47-46-19(3)51-39)29(44-28)14-21-17-50-30-16-22(40)5-6-23(21)30)31-15-20-11-12-43-38(36(20)52-31)45-27-10-8-25-24(27)7-9-26(41)35(25)49-4/h5-7,9,11-12,15-16,18,21,27H,8,10,13-14,17H2,1-4H3,(H2,42,48)(H,43,45)/t21-,27+/m0/s1. The molecule has 0 unspecified atom stereocenters. The van der Waals surface area contributed by atoms with Gasteiger partial charge in [-0.1, -0.05) is 37.6 Å². The number of ether oxygens (including phenoxy) is 2. The second-order valence-corrected chi connectivity index (χ2v) is 15.2. The van der Waals surface area contributed by atoms with E-state index in [1.54, 1.807) is 13.1 Å². The summed E-state index contributed by atoms with van der Waals surface area (Å²) in [4.78, 5) is 24.3. The molecule has 2 atom stereocenters. The van der Waals surface area contributed by atoms with Crippen molar-refractivity contribution in [2.75, 3.05) is 19.0 Å². The molecule has 1 aliphatic heterocycles. The number of hydrogen-bond acceptors (Lipinski definition) is 10. The van der Waals surface area contributed by atoms with Crippen LogP contribution in [0.3, 0.4) is 0 Å². The summed E-state index contributed by atoms with van der Waals surface area (Å²) in [7, 11) is 1.49. The number of aromatic nitrogens is 4. The molecule has 0 bridgehead atoms. The van der Waals surface area contributed by atoms with Crippen LogP contribution in [0.1, 0.15) is 76.6 Å². The SMILES string of the molecule is COc1c(F)ccc2c1CC[C@H]2Nc1nccc2cc(-c3c(C(N)=O)c(CC(C)C)nc(C[C@H]4COc5cc(Cl)ccc54)c3-c3nnc(C)o3)sc12. The fourth-order valence-corrected chi connectivity index (χ4v) is 8.86. The van der Waals surface area contributed by atoms with Crippen molar-refractivity contribution in [2.45, 2.75) is 58.4 Å². The molecule has 1 aliphatic carbocycles. The van der Waals surface area contributed by atoms with Crippen LogP contribution in [0.4, 0.5) is 10.2 Å². The normalized spacial score (nSPS) is 16.3. The number of fused-ring (bicyclic) bond motifs is 3. The highest BCUT2D eigenvalue weighted by atomic mass is 35.5. The van der Waals surface area contributed by atoms with Crippen molar-refractivity contribution < 1.29 is 23.1 Å². The summed E-state index contributed by atoms with van der Waals surface area (Å²) in [5, 5.41) is 13.8. The summed E-state index contributed by atoms with van der Waals surface area (Å²) in [5.41, 5.74) is 11.9. The molecule has 2 aromatic carbocycles. The van der Waals surface area contributed by atoms with Crippen molar-refractivity contribution in [1.82, 2.24) is 20.2 Å². The number of aryl methyl sites for hydroxylation is 1. The summed E-state index contributed by atoms with van der Waals surface area (Å²) in [5.74, 6) is 1.53. The molecular formula is C39H36ClFN6O4S. The molecule has 2 aliphatic rings. The largest absolute Gasteiger partial charge is 0.493 e. The lowest BCUT2D eigenvalue weighted by Crippen LogP contribution is -2.20. The molecule has 0 spiro atoms. The molecule has 4 aromatic heterocycles. The van der Waals surface area contributed by atoms with E-state index in [2.05, 4.69) is 29.4 Å². The maximum absolute atomic E-state index is 14.5. The molecule has 266 valence electrons. The van der Waals surface area contributed by atoms with Crippen LogP contribution in [0.25, 0.3) is 32.0 Å². The zero-order chi connectivity index (χ0) is 36.3. The van der Waals surface area contributed by atoms with Crippen LogP contribution in [-0.2, 0) is 19.3 Å². The summed E-state index contributed by atoms with van der Waals surface area (Å²) in [6.07, 6.45) is 4.19. The van der Waals surface area contributed by atoms with E-state index in [-0.39, 0.29) is 35.3 Å². The minimum atomic E-state index is -0.593. The van der Waals surface area contributed by atoms with Crippen LogP contribution >= 0.6 is 22.9 Å². The van der Waals surface area contributed by atoms with Crippen molar-refractivity contribution in [2.24, 2.45) is 11.7 Å². The van der Waals surface area contributed by atoms with E-state index in [0.717, 1.165) is 43.8 Å². The lowest BCUT2D eigenvalue weighted by atomic mass is 9.88. The van der Waals surface area contributed by atoms with Crippen molar-refractivity contribution in [3.63, 3.8) is 0 Å². The minimum absolute atomic E-state index is 0.0366. The average molecular weight is 739 g/mol. The third-order valence-corrected chi connectivity index (χ3v) is 11.1. The number of carbonyl (C=O) groups is 1. The number of carbonyl (C=O) groups excluding carboxylic acids is 1. The van der Waals surface area contributed by atoms with Crippen LogP contribution in [0.15, 0.2) is 53.1 Å². The molecule has 3 N–H and O–H groups in total. The number of halogens is 2. The molecule has 0 saturated carbocycles. The lowest BCUT2D eigenvalue weighted by Gasteiger charge is -2.20. The van der Waals surface area contributed by atoms with Crippen LogP contribution in [0, 0.1) is 18.7 Å². The molecule has 8 rings (SSSR count). The summed E-state index contributed by atoms with van der Waals surface area (Å²) in [6, 6.07) is 12.8. The number of nitrogens with two attached hydrogens (primary N) is 1.